The minimum Gasteiger partial charge on any atom is -0.497 e. The first-order valence-corrected chi connectivity index (χ1v) is 7.74. The summed E-state index contributed by atoms with van der Waals surface area (Å²) >= 11 is 5.99. The van der Waals surface area contributed by atoms with Crippen molar-refractivity contribution in [3.63, 3.8) is 0 Å². The van der Waals surface area contributed by atoms with Gasteiger partial charge in [0.1, 0.15) is 11.4 Å². The van der Waals surface area contributed by atoms with E-state index >= 15 is 0 Å². The van der Waals surface area contributed by atoms with E-state index in [0.29, 0.717) is 17.0 Å². The molecule has 128 valence electrons. The summed E-state index contributed by atoms with van der Waals surface area (Å²) in [6.07, 6.45) is -1.24. The van der Waals surface area contributed by atoms with Gasteiger partial charge in [0.25, 0.3) is 6.29 Å². The maximum atomic E-state index is 12.2. The lowest BCUT2D eigenvalue weighted by molar-refractivity contribution is -0.152. The Morgan fingerprint density at radius 1 is 1.12 bits per heavy atom. The fourth-order valence-electron chi connectivity index (χ4n) is 2.19. The molecule has 0 bridgehead atoms. The Labute approximate surface area is 148 Å². The molecule has 0 radical (unpaired) electrons. The van der Waals surface area contributed by atoms with Crippen LogP contribution in [0.5, 0.6) is 5.75 Å². The molecule has 0 saturated carbocycles. The number of carbonyl (C=O) groups excluding carboxylic acids is 2. The van der Waals surface area contributed by atoms with Gasteiger partial charge in [-0.15, -0.1) is 0 Å². The molecule has 0 aliphatic carbocycles. The van der Waals surface area contributed by atoms with Gasteiger partial charge < -0.3 is 19.5 Å². The van der Waals surface area contributed by atoms with E-state index in [1.54, 1.807) is 61.7 Å². The molecule has 2 aromatic carbocycles. The summed E-state index contributed by atoms with van der Waals surface area (Å²) in [6, 6.07) is 15.3. The second-order valence-electron chi connectivity index (χ2n) is 5.09. The first-order valence-electron chi connectivity index (χ1n) is 7.36. The number of nitrogens with one attached hydrogen (secondary N) is 1. The zero-order chi connectivity index (χ0) is 17.8. The average Bonchev–Trinajstić information content (AvgIpc) is 2.90. The van der Waals surface area contributed by atoms with E-state index in [4.69, 9.17) is 25.8 Å². The Kier molecular flexibility index (Phi) is 4.90. The molecular formula is C18H14ClNO5. The molecule has 0 spiro atoms. The van der Waals surface area contributed by atoms with E-state index in [0.717, 1.165) is 0 Å². The monoisotopic (exact) mass is 359 g/mol. The molecule has 2 aromatic rings. The van der Waals surface area contributed by atoms with Gasteiger partial charge in [-0.05, 0) is 36.4 Å². The smallest absolute Gasteiger partial charge is 0.355 e. The Morgan fingerprint density at radius 2 is 1.80 bits per heavy atom. The van der Waals surface area contributed by atoms with E-state index in [-0.39, 0.29) is 10.7 Å². The fraction of sp³-hybridized carbons (Fsp3) is 0.111. The average molecular weight is 360 g/mol. The lowest BCUT2D eigenvalue weighted by atomic mass is 10.2. The fourth-order valence-corrected chi connectivity index (χ4v) is 2.37. The first-order chi connectivity index (χ1) is 12.1. The maximum absolute atomic E-state index is 12.2. The molecule has 25 heavy (non-hydrogen) atoms. The van der Waals surface area contributed by atoms with Gasteiger partial charge in [0, 0.05) is 5.69 Å². The molecule has 0 aromatic heterocycles. The largest absolute Gasteiger partial charge is 0.497 e. The van der Waals surface area contributed by atoms with Gasteiger partial charge >= 0.3 is 11.9 Å². The maximum Gasteiger partial charge on any atom is 0.355 e. The van der Waals surface area contributed by atoms with Gasteiger partial charge in [0.15, 0.2) is 5.03 Å². The number of hydrogen-bond donors (Lipinski definition) is 1. The molecule has 1 atom stereocenters. The predicted molar refractivity (Wildman–Crippen MR) is 91.2 cm³/mol. The number of methoxy groups -OCH3 is 1. The Bertz CT molecular complexity index is 817. The normalized spacial score (nSPS) is 16.4. The minimum absolute atomic E-state index is 0.165. The highest BCUT2D eigenvalue weighted by Crippen LogP contribution is 2.29. The number of cyclic esters (lactones) is 1. The summed E-state index contributed by atoms with van der Waals surface area (Å²) in [5, 5.41) is 2.78. The zero-order valence-corrected chi connectivity index (χ0v) is 13.9. The van der Waals surface area contributed by atoms with Gasteiger partial charge in [-0.3, -0.25) is 0 Å². The second kappa shape index (κ2) is 7.27. The lowest BCUT2D eigenvalue weighted by Crippen LogP contribution is -2.24. The highest BCUT2D eigenvalue weighted by atomic mass is 35.5. The standard InChI is InChI=1S/C18H14ClNO5/c1-23-13-9-7-12(8-10-13)20-15-14(19)17(22)25-18(15)24-16(21)11-5-3-2-4-6-11/h2-10,18,20H,1H3. The number of rotatable bonds is 5. The molecule has 1 aliphatic heterocycles. The number of ether oxygens (including phenoxy) is 3. The Balaban J connectivity index is 1.77. The molecule has 3 rings (SSSR count). The summed E-state index contributed by atoms with van der Waals surface area (Å²) in [7, 11) is 1.56. The number of anilines is 1. The summed E-state index contributed by atoms with van der Waals surface area (Å²) < 4.78 is 15.4. The van der Waals surface area contributed by atoms with E-state index in [1.165, 1.54) is 0 Å². The lowest BCUT2D eigenvalue weighted by Gasteiger charge is -2.16. The highest BCUT2D eigenvalue weighted by Gasteiger charge is 2.36. The van der Waals surface area contributed by atoms with Crippen LogP contribution in [0.25, 0.3) is 0 Å². The van der Waals surface area contributed by atoms with Crippen LogP contribution in [-0.2, 0) is 14.3 Å². The Hall–Kier alpha value is -2.99. The van der Waals surface area contributed by atoms with Crippen LogP contribution in [0.1, 0.15) is 10.4 Å². The molecule has 0 fully saturated rings. The van der Waals surface area contributed by atoms with Gasteiger partial charge in [-0.25, -0.2) is 9.59 Å². The van der Waals surface area contributed by atoms with Gasteiger partial charge in [-0.1, -0.05) is 29.8 Å². The topological polar surface area (TPSA) is 73.9 Å². The van der Waals surface area contributed by atoms with Crippen molar-refractivity contribution >= 4 is 29.2 Å². The summed E-state index contributed by atoms with van der Waals surface area (Å²) in [5.41, 5.74) is 1.14. The van der Waals surface area contributed by atoms with Crippen LogP contribution in [0, 0.1) is 0 Å². The quantitative estimate of drug-likeness (QED) is 0.826. The summed E-state index contributed by atoms with van der Waals surface area (Å²) in [4.78, 5) is 23.9. The van der Waals surface area contributed by atoms with Crippen molar-refractivity contribution < 1.29 is 23.8 Å². The molecule has 0 saturated heterocycles. The van der Waals surface area contributed by atoms with Crippen molar-refractivity contribution in [2.45, 2.75) is 6.29 Å². The molecule has 1 aliphatic rings. The van der Waals surface area contributed by atoms with Crippen LogP contribution in [0.15, 0.2) is 65.3 Å². The van der Waals surface area contributed by atoms with Gasteiger partial charge in [0.05, 0.1) is 12.7 Å². The third-order valence-electron chi connectivity index (χ3n) is 3.46. The third kappa shape index (κ3) is 3.75. The van der Waals surface area contributed by atoms with Gasteiger partial charge in [-0.2, -0.15) is 0 Å². The molecule has 1 heterocycles. The zero-order valence-electron chi connectivity index (χ0n) is 13.2. The van der Waals surface area contributed by atoms with E-state index < -0.39 is 18.2 Å². The predicted octanol–water partition coefficient (Wildman–Crippen LogP) is 3.30. The van der Waals surface area contributed by atoms with Crippen molar-refractivity contribution in [3.05, 3.63) is 70.9 Å². The van der Waals surface area contributed by atoms with Crippen LogP contribution >= 0.6 is 11.6 Å². The van der Waals surface area contributed by atoms with Crippen LogP contribution < -0.4 is 10.1 Å². The van der Waals surface area contributed by atoms with Crippen molar-refractivity contribution in [1.29, 1.82) is 0 Å². The number of benzene rings is 2. The minimum atomic E-state index is -1.24. The molecule has 6 nitrogen and oxygen atoms in total. The second-order valence-corrected chi connectivity index (χ2v) is 5.47. The summed E-state index contributed by atoms with van der Waals surface area (Å²) in [5.74, 6) is -0.709. The van der Waals surface area contributed by atoms with Crippen molar-refractivity contribution in [3.8, 4) is 5.75 Å². The highest BCUT2D eigenvalue weighted by molar-refractivity contribution is 6.42. The number of esters is 2. The molecule has 1 N–H and O–H groups in total. The van der Waals surface area contributed by atoms with Crippen molar-refractivity contribution in [1.82, 2.24) is 0 Å². The summed E-state index contributed by atoms with van der Waals surface area (Å²) in [6.45, 7) is 0. The van der Waals surface area contributed by atoms with Crippen LogP contribution in [0.4, 0.5) is 5.69 Å². The van der Waals surface area contributed by atoms with Crippen molar-refractivity contribution in [2.24, 2.45) is 0 Å². The molecule has 7 heteroatoms. The molecule has 0 amide bonds. The SMILES string of the molecule is COc1ccc(NC2=C(Cl)C(=O)OC2OC(=O)c2ccccc2)cc1. The Morgan fingerprint density at radius 3 is 2.44 bits per heavy atom. The number of hydrogen-bond acceptors (Lipinski definition) is 6. The van der Waals surface area contributed by atoms with E-state index in [1.807, 2.05) is 0 Å². The van der Waals surface area contributed by atoms with Crippen LogP contribution in [0.3, 0.4) is 0 Å². The first kappa shape index (κ1) is 16.9. The molecule has 1 unspecified atom stereocenters. The van der Waals surface area contributed by atoms with E-state index in [2.05, 4.69) is 5.32 Å². The molecular weight excluding hydrogens is 346 g/mol. The van der Waals surface area contributed by atoms with Crippen LogP contribution in [-0.4, -0.2) is 25.3 Å². The van der Waals surface area contributed by atoms with Gasteiger partial charge in [0.2, 0.25) is 0 Å². The van der Waals surface area contributed by atoms with Crippen LogP contribution in [0.2, 0.25) is 0 Å². The van der Waals surface area contributed by atoms with E-state index in [9.17, 15) is 9.59 Å². The third-order valence-corrected chi connectivity index (χ3v) is 3.82. The number of carbonyl (C=O) groups is 2. The van der Waals surface area contributed by atoms with Crippen molar-refractivity contribution in [2.75, 3.05) is 12.4 Å². The number of halogens is 1.